The van der Waals surface area contributed by atoms with Crippen molar-refractivity contribution in [2.24, 2.45) is 0 Å². The summed E-state index contributed by atoms with van der Waals surface area (Å²) in [5.41, 5.74) is -1.10. The van der Waals surface area contributed by atoms with Crippen LogP contribution in [0.25, 0.3) is 22.4 Å². The Morgan fingerprint density at radius 1 is 1.13 bits per heavy atom. The Labute approximate surface area is 276 Å². The lowest BCUT2D eigenvalue weighted by Crippen LogP contribution is -2.51. The van der Waals surface area contributed by atoms with E-state index in [1.165, 1.54) is 39.9 Å². The van der Waals surface area contributed by atoms with Crippen LogP contribution < -0.4 is 15.2 Å². The highest BCUT2D eigenvalue weighted by atomic mass is 35.5. The van der Waals surface area contributed by atoms with E-state index in [9.17, 15) is 22.4 Å². The molecule has 3 heterocycles. The fraction of sp³-hybridized carbons (Fsp3) is 0.387. The minimum Gasteiger partial charge on any atom is -0.444 e. The third-order valence-corrected chi connectivity index (χ3v) is 8.30. The summed E-state index contributed by atoms with van der Waals surface area (Å²) in [4.78, 5) is 40.9. The van der Waals surface area contributed by atoms with Crippen molar-refractivity contribution in [3.63, 3.8) is 0 Å². The largest absolute Gasteiger partial charge is 0.444 e. The number of thiol groups is 1. The lowest BCUT2D eigenvalue weighted by Gasteiger charge is -2.36. The average Bonchev–Trinajstić information content (AvgIpc) is 2.97. The number of hydrogen-bond donors (Lipinski definition) is 2. The van der Waals surface area contributed by atoms with E-state index in [1.54, 1.807) is 46.8 Å². The maximum atomic E-state index is 15.5. The zero-order chi connectivity index (χ0) is 34.2. The number of aromatic nitrogens is 4. The number of piperidine rings is 1. The smallest absolute Gasteiger partial charge is 0.410 e. The molecular weight excluding hydrogens is 656 g/mol. The lowest BCUT2D eigenvalue weighted by atomic mass is 10.0. The molecule has 250 valence electrons. The molecule has 1 amide bonds. The van der Waals surface area contributed by atoms with E-state index in [0.717, 1.165) is 10.4 Å². The van der Waals surface area contributed by atoms with Crippen molar-refractivity contribution in [1.29, 1.82) is 0 Å². The minimum absolute atomic E-state index is 0.0669. The summed E-state index contributed by atoms with van der Waals surface area (Å²) in [5.74, 6) is -0.820. The van der Waals surface area contributed by atoms with E-state index < -0.39 is 52.2 Å². The predicted molar refractivity (Wildman–Crippen MR) is 176 cm³/mol. The number of rotatable bonds is 7. The maximum Gasteiger partial charge on any atom is 0.410 e. The molecule has 0 saturated carbocycles. The second kappa shape index (κ2) is 13.4. The first-order valence-electron chi connectivity index (χ1n) is 14.8. The Hall–Kier alpha value is -4.37. The number of benzene rings is 2. The van der Waals surface area contributed by atoms with Gasteiger partial charge in [-0.1, -0.05) is 29.8 Å². The summed E-state index contributed by atoms with van der Waals surface area (Å²) >= 11 is 6.19. The minimum atomic E-state index is -3.32. The number of carbonyl (C=O) groups is 1. The van der Waals surface area contributed by atoms with E-state index in [1.807, 2.05) is 0 Å². The Kier molecular flexibility index (Phi) is 9.68. The van der Waals surface area contributed by atoms with E-state index in [2.05, 4.69) is 20.3 Å². The molecule has 0 unspecified atom stereocenters. The summed E-state index contributed by atoms with van der Waals surface area (Å²) in [6.07, 6.45) is -0.436. The highest BCUT2D eigenvalue weighted by Gasteiger charge is 2.33. The van der Waals surface area contributed by atoms with Crippen molar-refractivity contribution in [2.75, 3.05) is 22.7 Å². The molecule has 2 atom stereocenters. The molecule has 0 radical (unpaired) electrons. The van der Waals surface area contributed by atoms with E-state index in [4.69, 9.17) is 16.3 Å². The number of halogens is 3. The molecule has 5 rings (SSSR count). The van der Waals surface area contributed by atoms with E-state index in [-0.39, 0.29) is 64.3 Å². The number of likely N-dealkylation sites (tertiary alicyclic amines) is 1. The molecular formula is C31H34ClF2N7O5S. The van der Waals surface area contributed by atoms with Crippen molar-refractivity contribution in [3.05, 3.63) is 69.9 Å². The first kappa shape index (κ1) is 34.0. The van der Waals surface area contributed by atoms with Gasteiger partial charge in [-0.15, -0.1) is 0 Å². The monoisotopic (exact) mass is 689 g/mol. The van der Waals surface area contributed by atoms with E-state index >= 15 is 4.39 Å². The first-order valence-corrected chi connectivity index (χ1v) is 16.3. The SMILES string of the molecule is CC(C)n1c(=O)c(-c2ccc(N(c3ccccc3Cl)[SH](=O)=O)c(F)c2)nc2cnc(N[C@H]3C[C@H](F)CN(C(=O)OC(C)(C)C)C3)nc21. The van der Waals surface area contributed by atoms with E-state index in [0.29, 0.717) is 0 Å². The van der Waals surface area contributed by atoms with Crippen LogP contribution in [-0.2, 0) is 15.6 Å². The summed E-state index contributed by atoms with van der Waals surface area (Å²) in [6.45, 7) is 8.78. The Morgan fingerprint density at radius 2 is 1.85 bits per heavy atom. The van der Waals surface area contributed by atoms with Crippen LogP contribution in [0, 0.1) is 5.82 Å². The Balaban J connectivity index is 1.48. The predicted octanol–water partition coefficient (Wildman–Crippen LogP) is 5.65. The zero-order valence-electron chi connectivity index (χ0n) is 26.3. The topological polar surface area (TPSA) is 140 Å². The van der Waals surface area contributed by atoms with Gasteiger partial charge in [-0.3, -0.25) is 9.36 Å². The highest BCUT2D eigenvalue weighted by molar-refractivity contribution is 7.74. The number of fused-ring (bicyclic) bond motifs is 1. The molecule has 4 aromatic rings. The molecule has 1 aliphatic heterocycles. The molecule has 0 aliphatic carbocycles. The van der Waals surface area contributed by atoms with Crippen molar-refractivity contribution in [2.45, 2.75) is 64.9 Å². The van der Waals surface area contributed by atoms with Crippen molar-refractivity contribution in [3.8, 4) is 11.3 Å². The van der Waals surface area contributed by atoms with Gasteiger partial charge in [-0.05, 0) is 58.9 Å². The molecule has 2 aromatic carbocycles. The normalized spacial score (nSPS) is 16.9. The molecule has 1 aliphatic rings. The molecule has 16 heteroatoms. The van der Waals surface area contributed by atoms with Crippen LogP contribution in [0.15, 0.2) is 53.5 Å². The van der Waals surface area contributed by atoms with Gasteiger partial charge in [-0.2, -0.15) is 4.98 Å². The molecule has 0 bridgehead atoms. The van der Waals surface area contributed by atoms with Crippen molar-refractivity contribution >= 4 is 57.1 Å². The first-order chi connectivity index (χ1) is 22.1. The van der Waals surface area contributed by atoms with Gasteiger partial charge in [0.25, 0.3) is 5.56 Å². The summed E-state index contributed by atoms with van der Waals surface area (Å²) < 4.78 is 62.1. The van der Waals surface area contributed by atoms with Crippen LogP contribution in [0.3, 0.4) is 0 Å². The number of para-hydroxylation sites is 1. The van der Waals surface area contributed by atoms with Crippen molar-refractivity contribution in [1.82, 2.24) is 24.4 Å². The van der Waals surface area contributed by atoms with Crippen LogP contribution >= 0.6 is 11.6 Å². The maximum absolute atomic E-state index is 15.5. The summed E-state index contributed by atoms with van der Waals surface area (Å²) in [5, 5.41) is 3.17. The summed E-state index contributed by atoms with van der Waals surface area (Å²) in [6, 6.07) is 8.82. The van der Waals surface area contributed by atoms with Gasteiger partial charge in [0.1, 0.15) is 28.8 Å². The fourth-order valence-electron chi connectivity index (χ4n) is 5.29. The van der Waals surface area contributed by atoms with Gasteiger partial charge in [0.15, 0.2) is 5.65 Å². The highest BCUT2D eigenvalue weighted by Crippen LogP contribution is 2.35. The third-order valence-electron chi connectivity index (χ3n) is 7.23. The molecule has 12 nitrogen and oxygen atoms in total. The standard InChI is InChI=1S/C31H34ClF2N7O5S/c1-17(2)40-27-23(14-35-29(38-27)36-20-13-19(33)15-39(16-20)30(43)46-31(3,4)5)37-26(28(40)42)18-10-11-25(22(34)12-18)41(47(44)45)24-9-7-6-8-21(24)32/h6-12,14,17,19-20,47H,13,15-16H2,1-5H3,(H,35,36,38)/t19-,20-/m0/s1. The van der Waals surface area contributed by atoms with Gasteiger partial charge < -0.3 is 15.0 Å². The number of amides is 1. The number of alkyl halides is 1. The number of ether oxygens (including phenoxy) is 1. The van der Waals surface area contributed by atoms with Gasteiger partial charge >= 0.3 is 6.09 Å². The molecule has 1 saturated heterocycles. The molecule has 2 aromatic heterocycles. The number of carbonyl (C=O) groups excluding carboxylic acids is 1. The van der Waals surface area contributed by atoms with Gasteiger partial charge in [-0.25, -0.2) is 36.3 Å². The quantitative estimate of drug-likeness (QED) is 0.236. The van der Waals surface area contributed by atoms with Crippen LogP contribution in [0.5, 0.6) is 0 Å². The zero-order valence-corrected chi connectivity index (χ0v) is 27.9. The molecule has 0 spiro atoms. The lowest BCUT2D eigenvalue weighted by molar-refractivity contribution is 0.0124. The molecule has 47 heavy (non-hydrogen) atoms. The van der Waals surface area contributed by atoms with Gasteiger partial charge in [0.05, 0.1) is 29.1 Å². The number of anilines is 3. The van der Waals surface area contributed by atoms with Gasteiger partial charge in [0.2, 0.25) is 16.8 Å². The second-order valence-corrected chi connectivity index (χ2v) is 13.6. The number of nitrogens with one attached hydrogen (secondary N) is 1. The summed E-state index contributed by atoms with van der Waals surface area (Å²) in [7, 11) is -3.32. The fourth-order valence-corrected chi connectivity index (χ4v) is 6.26. The average molecular weight is 690 g/mol. The number of hydrogen-bond acceptors (Lipinski definition) is 9. The Bertz CT molecular complexity index is 1960. The van der Waals surface area contributed by atoms with Crippen molar-refractivity contribution < 1.29 is 26.7 Å². The second-order valence-electron chi connectivity index (χ2n) is 12.4. The van der Waals surface area contributed by atoms with Crippen LogP contribution in [-0.4, -0.2) is 69.8 Å². The van der Waals surface area contributed by atoms with Crippen LogP contribution in [0.2, 0.25) is 5.02 Å². The molecule has 1 fully saturated rings. The van der Waals surface area contributed by atoms with Crippen LogP contribution in [0.4, 0.5) is 30.9 Å². The molecule has 1 N–H and O–H groups in total. The Morgan fingerprint density at radius 3 is 2.49 bits per heavy atom. The third kappa shape index (κ3) is 7.46. The number of nitrogens with zero attached hydrogens (tertiary/aromatic N) is 6. The van der Waals surface area contributed by atoms with Crippen LogP contribution in [0.1, 0.15) is 47.1 Å². The van der Waals surface area contributed by atoms with Gasteiger partial charge in [0, 0.05) is 30.6 Å².